The summed E-state index contributed by atoms with van der Waals surface area (Å²) >= 11 is 0. The van der Waals surface area contributed by atoms with Crippen LogP contribution in [-0.4, -0.2) is 49.8 Å². The minimum Gasteiger partial charge on any atom is -0.467 e. The molecule has 0 heterocycles. The Morgan fingerprint density at radius 2 is 2.13 bits per heavy atom. The Bertz CT molecular complexity index is 208. The molecule has 15 heavy (non-hydrogen) atoms. The van der Waals surface area contributed by atoms with E-state index in [4.69, 9.17) is 5.11 Å². The Morgan fingerprint density at radius 3 is 2.60 bits per heavy atom. The lowest BCUT2D eigenvalue weighted by atomic mass is 10.3. The summed E-state index contributed by atoms with van der Waals surface area (Å²) in [6.07, 6.45) is 0.605. The first-order chi connectivity index (χ1) is 7.11. The standard InChI is InChI=1S/C9H18N2O4/c1-7(13)11-8(9(14)15-2)6-10-4-3-5-12/h8,10,12H,3-6H2,1-2H3,(H,11,13). The van der Waals surface area contributed by atoms with Crippen LogP contribution in [0.1, 0.15) is 13.3 Å². The molecule has 0 bridgehead atoms. The number of carbonyl (C=O) groups is 2. The van der Waals surface area contributed by atoms with Gasteiger partial charge in [-0.15, -0.1) is 0 Å². The average Bonchev–Trinajstić information content (AvgIpc) is 2.21. The number of amides is 1. The van der Waals surface area contributed by atoms with Crippen molar-refractivity contribution < 1.29 is 19.4 Å². The van der Waals surface area contributed by atoms with Crippen molar-refractivity contribution in [1.82, 2.24) is 10.6 Å². The third kappa shape index (κ3) is 6.87. The number of ether oxygens (including phenoxy) is 1. The topological polar surface area (TPSA) is 87.7 Å². The number of methoxy groups -OCH3 is 1. The van der Waals surface area contributed by atoms with Gasteiger partial charge in [0.05, 0.1) is 7.11 Å². The SMILES string of the molecule is COC(=O)C(CNCCCO)NC(C)=O. The fourth-order valence-electron chi connectivity index (χ4n) is 1.03. The van der Waals surface area contributed by atoms with Crippen LogP contribution in [0.5, 0.6) is 0 Å². The molecule has 0 saturated heterocycles. The summed E-state index contributed by atoms with van der Waals surface area (Å²) in [5.41, 5.74) is 0. The lowest BCUT2D eigenvalue weighted by Gasteiger charge is -2.15. The molecule has 1 amide bonds. The smallest absolute Gasteiger partial charge is 0.329 e. The quantitative estimate of drug-likeness (QED) is 0.363. The third-order valence-electron chi connectivity index (χ3n) is 1.72. The highest BCUT2D eigenvalue weighted by atomic mass is 16.5. The van der Waals surface area contributed by atoms with Crippen LogP contribution < -0.4 is 10.6 Å². The highest BCUT2D eigenvalue weighted by Gasteiger charge is 2.18. The molecule has 88 valence electrons. The summed E-state index contributed by atoms with van der Waals surface area (Å²) in [5.74, 6) is -0.768. The van der Waals surface area contributed by atoms with Crippen LogP contribution in [0.15, 0.2) is 0 Å². The van der Waals surface area contributed by atoms with Crippen molar-refractivity contribution in [2.45, 2.75) is 19.4 Å². The summed E-state index contributed by atoms with van der Waals surface area (Å²) in [7, 11) is 1.27. The molecule has 0 aliphatic rings. The monoisotopic (exact) mass is 218 g/mol. The van der Waals surface area contributed by atoms with Crippen molar-refractivity contribution in [2.75, 3.05) is 26.8 Å². The van der Waals surface area contributed by atoms with E-state index in [0.717, 1.165) is 0 Å². The number of carbonyl (C=O) groups excluding carboxylic acids is 2. The lowest BCUT2D eigenvalue weighted by Crippen LogP contribution is -2.47. The highest BCUT2D eigenvalue weighted by Crippen LogP contribution is 1.87. The van der Waals surface area contributed by atoms with E-state index in [1.54, 1.807) is 0 Å². The van der Waals surface area contributed by atoms with Gasteiger partial charge in [-0.2, -0.15) is 0 Å². The normalized spacial score (nSPS) is 11.9. The van der Waals surface area contributed by atoms with Crippen LogP contribution in [0.4, 0.5) is 0 Å². The van der Waals surface area contributed by atoms with E-state index in [2.05, 4.69) is 15.4 Å². The molecule has 1 atom stereocenters. The third-order valence-corrected chi connectivity index (χ3v) is 1.72. The Labute approximate surface area is 89.0 Å². The maximum absolute atomic E-state index is 11.2. The van der Waals surface area contributed by atoms with Gasteiger partial charge < -0.3 is 20.5 Å². The molecule has 6 heteroatoms. The number of aliphatic hydroxyl groups excluding tert-OH is 1. The van der Waals surface area contributed by atoms with E-state index < -0.39 is 12.0 Å². The molecule has 6 nitrogen and oxygen atoms in total. The van der Waals surface area contributed by atoms with Gasteiger partial charge in [0.15, 0.2) is 0 Å². The molecule has 0 radical (unpaired) electrons. The summed E-state index contributed by atoms with van der Waals surface area (Å²) in [5, 5.41) is 13.9. The molecule has 0 aromatic heterocycles. The van der Waals surface area contributed by atoms with Crippen LogP contribution in [-0.2, 0) is 14.3 Å². The first-order valence-corrected chi connectivity index (χ1v) is 4.78. The number of nitrogens with one attached hydrogen (secondary N) is 2. The molecule has 0 aromatic carbocycles. The Kier molecular flexibility index (Phi) is 7.57. The van der Waals surface area contributed by atoms with Gasteiger partial charge in [-0.05, 0) is 13.0 Å². The van der Waals surface area contributed by atoms with Crippen LogP contribution >= 0.6 is 0 Å². The molecular weight excluding hydrogens is 200 g/mol. The molecular formula is C9H18N2O4. The molecule has 1 unspecified atom stereocenters. The zero-order chi connectivity index (χ0) is 11.7. The van der Waals surface area contributed by atoms with Crippen LogP contribution in [0, 0.1) is 0 Å². The minimum atomic E-state index is -0.675. The number of esters is 1. The fraction of sp³-hybridized carbons (Fsp3) is 0.778. The van der Waals surface area contributed by atoms with Crippen molar-refractivity contribution in [3.63, 3.8) is 0 Å². The molecule has 3 N–H and O–H groups in total. The predicted octanol–water partition coefficient (Wildman–Crippen LogP) is -1.36. The van der Waals surface area contributed by atoms with Gasteiger partial charge in [-0.3, -0.25) is 4.79 Å². The van der Waals surface area contributed by atoms with Crippen LogP contribution in [0.3, 0.4) is 0 Å². The second-order valence-corrected chi connectivity index (χ2v) is 3.06. The highest BCUT2D eigenvalue weighted by molar-refractivity contribution is 5.83. The second-order valence-electron chi connectivity index (χ2n) is 3.06. The molecule has 0 fully saturated rings. The first-order valence-electron chi connectivity index (χ1n) is 4.78. The fourth-order valence-corrected chi connectivity index (χ4v) is 1.03. The maximum atomic E-state index is 11.2. The van der Waals surface area contributed by atoms with E-state index in [0.29, 0.717) is 19.5 Å². The Balaban J connectivity index is 3.90. The van der Waals surface area contributed by atoms with Gasteiger partial charge >= 0.3 is 5.97 Å². The zero-order valence-corrected chi connectivity index (χ0v) is 9.08. The van der Waals surface area contributed by atoms with E-state index >= 15 is 0 Å². The van der Waals surface area contributed by atoms with Crippen LogP contribution in [0.25, 0.3) is 0 Å². The number of hydrogen-bond donors (Lipinski definition) is 3. The average molecular weight is 218 g/mol. The van der Waals surface area contributed by atoms with E-state index in [9.17, 15) is 9.59 Å². The number of hydrogen-bond acceptors (Lipinski definition) is 5. The molecule has 0 saturated carbocycles. The molecule has 0 aromatic rings. The van der Waals surface area contributed by atoms with E-state index in [1.165, 1.54) is 14.0 Å². The minimum absolute atomic E-state index is 0.0933. The number of rotatable bonds is 7. The first kappa shape index (κ1) is 13.9. The zero-order valence-electron chi connectivity index (χ0n) is 9.08. The van der Waals surface area contributed by atoms with Gasteiger partial charge in [-0.1, -0.05) is 0 Å². The maximum Gasteiger partial charge on any atom is 0.329 e. The van der Waals surface area contributed by atoms with E-state index in [1.807, 2.05) is 0 Å². The summed E-state index contributed by atoms with van der Waals surface area (Å²) < 4.78 is 4.53. The lowest BCUT2D eigenvalue weighted by molar-refractivity contribution is -0.144. The second kappa shape index (κ2) is 8.19. The summed E-state index contributed by atoms with van der Waals surface area (Å²) in [6.45, 7) is 2.32. The Hall–Kier alpha value is -1.14. The van der Waals surface area contributed by atoms with Crippen molar-refractivity contribution >= 4 is 11.9 Å². The largest absolute Gasteiger partial charge is 0.467 e. The van der Waals surface area contributed by atoms with Crippen molar-refractivity contribution in [2.24, 2.45) is 0 Å². The van der Waals surface area contributed by atoms with E-state index in [-0.39, 0.29) is 12.5 Å². The predicted molar refractivity (Wildman–Crippen MR) is 54.2 cm³/mol. The van der Waals surface area contributed by atoms with Gasteiger partial charge in [-0.25, -0.2) is 4.79 Å². The van der Waals surface area contributed by atoms with Crippen molar-refractivity contribution in [3.05, 3.63) is 0 Å². The summed E-state index contributed by atoms with van der Waals surface area (Å²) in [6, 6.07) is -0.675. The van der Waals surface area contributed by atoms with Crippen molar-refractivity contribution in [3.8, 4) is 0 Å². The summed E-state index contributed by atoms with van der Waals surface area (Å²) in [4.78, 5) is 22.0. The van der Waals surface area contributed by atoms with Gasteiger partial charge in [0.2, 0.25) is 5.91 Å². The van der Waals surface area contributed by atoms with Gasteiger partial charge in [0.1, 0.15) is 6.04 Å². The van der Waals surface area contributed by atoms with Crippen molar-refractivity contribution in [1.29, 1.82) is 0 Å². The molecule has 0 aliphatic carbocycles. The Morgan fingerprint density at radius 1 is 1.47 bits per heavy atom. The number of aliphatic hydroxyl groups is 1. The molecule has 0 spiro atoms. The van der Waals surface area contributed by atoms with Gasteiger partial charge in [0, 0.05) is 20.1 Å². The molecule has 0 aliphatic heterocycles. The van der Waals surface area contributed by atoms with Crippen LogP contribution in [0.2, 0.25) is 0 Å². The van der Waals surface area contributed by atoms with Gasteiger partial charge in [0.25, 0.3) is 0 Å². The molecule has 0 rings (SSSR count).